The fourth-order valence-electron chi connectivity index (χ4n) is 1.55. The Balaban J connectivity index is 1.97. The topological polar surface area (TPSA) is 38.2 Å². The molecule has 1 aromatic rings. The predicted octanol–water partition coefficient (Wildman–Crippen LogP) is 1.21. The highest BCUT2D eigenvalue weighted by molar-refractivity contribution is 6.28. The second kappa shape index (κ2) is 4.11. The molecule has 1 saturated heterocycles. The van der Waals surface area contributed by atoms with Crippen LogP contribution in [0.25, 0.3) is 0 Å². The molecule has 1 aliphatic rings. The summed E-state index contributed by atoms with van der Waals surface area (Å²) in [6.07, 6.45) is 2.87. The molecule has 2 rings (SSSR count). The lowest BCUT2D eigenvalue weighted by Crippen LogP contribution is -2.21. The average Bonchev–Trinajstić information content (AvgIpc) is 2.51. The van der Waals surface area contributed by atoms with E-state index in [1.165, 1.54) is 0 Å². The molecule has 1 fully saturated rings. The van der Waals surface area contributed by atoms with Gasteiger partial charge in [-0.15, -0.1) is 0 Å². The van der Waals surface area contributed by atoms with Gasteiger partial charge in [0.1, 0.15) is 6.10 Å². The summed E-state index contributed by atoms with van der Waals surface area (Å²) < 4.78 is 5.65. The standard InChI is InChI=1S/C9H12ClN3O/c1-13-5-3-7(6-13)14-8-2-4-11-9(10)12-8/h2,4,7H,3,5-6H2,1H3/t7-/m0/s1. The molecule has 1 aliphatic heterocycles. The molecule has 1 atom stereocenters. The molecule has 76 valence electrons. The smallest absolute Gasteiger partial charge is 0.225 e. The van der Waals surface area contributed by atoms with Gasteiger partial charge in [0.05, 0.1) is 0 Å². The maximum absolute atomic E-state index is 5.65. The molecule has 0 saturated carbocycles. The number of likely N-dealkylation sites (tertiary alicyclic amines) is 1. The molecule has 0 bridgehead atoms. The van der Waals surface area contributed by atoms with E-state index in [0.29, 0.717) is 5.88 Å². The van der Waals surface area contributed by atoms with Crippen LogP contribution in [-0.2, 0) is 0 Å². The maximum atomic E-state index is 5.65. The molecule has 4 nitrogen and oxygen atoms in total. The van der Waals surface area contributed by atoms with Crippen molar-refractivity contribution >= 4 is 11.6 Å². The van der Waals surface area contributed by atoms with Crippen LogP contribution in [0.5, 0.6) is 5.88 Å². The summed E-state index contributed by atoms with van der Waals surface area (Å²) in [6.45, 7) is 2.02. The summed E-state index contributed by atoms with van der Waals surface area (Å²) in [5, 5.41) is 0.230. The molecule has 5 heteroatoms. The molecule has 0 spiro atoms. The molecule has 2 heterocycles. The van der Waals surface area contributed by atoms with E-state index >= 15 is 0 Å². The summed E-state index contributed by atoms with van der Waals surface area (Å²) in [6, 6.07) is 1.73. The Bertz CT molecular complexity index is 321. The predicted molar refractivity (Wildman–Crippen MR) is 53.6 cm³/mol. The maximum Gasteiger partial charge on any atom is 0.225 e. The summed E-state index contributed by atoms with van der Waals surface area (Å²) in [5.41, 5.74) is 0. The lowest BCUT2D eigenvalue weighted by Gasteiger charge is -2.12. The van der Waals surface area contributed by atoms with Crippen LogP contribution in [0.15, 0.2) is 12.3 Å². The molecule has 0 aliphatic carbocycles. The third-order valence-corrected chi connectivity index (χ3v) is 2.42. The van der Waals surface area contributed by atoms with Crippen molar-refractivity contribution in [3.8, 4) is 5.88 Å². The van der Waals surface area contributed by atoms with Gasteiger partial charge >= 0.3 is 0 Å². The Morgan fingerprint density at radius 2 is 2.50 bits per heavy atom. The first-order chi connectivity index (χ1) is 6.74. The van der Waals surface area contributed by atoms with Gasteiger partial charge in [0.2, 0.25) is 11.2 Å². The van der Waals surface area contributed by atoms with Crippen molar-refractivity contribution in [2.45, 2.75) is 12.5 Å². The zero-order valence-electron chi connectivity index (χ0n) is 7.98. The van der Waals surface area contributed by atoms with Gasteiger partial charge in [0, 0.05) is 25.4 Å². The van der Waals surface area contributed by atoms with Gasteiger partial charge < -0.3 is 9.64 Å². The van der Waals surface area contributed by atoms with Gasteiger partial charge in [-0.3, -0.25) is 0 Å². The van der Waals surface area contributed by atoms with E-state index in [1.807, 2.05) is 0 Å². The van der Waals surface area contributed by atoms with Crippen LogP contribution in [0.1, 0.15) is 6.42 Å². The summed E-state index contributed by atoms with van der Waals surface area (Å²) in [4.78, 5) is 10.00. The number of rotatable bonds is 2. The quantitative estimate of drug-likeness (QED) is 0.693. The van der Waals surface area contributed by atoms with E-state index in [2.05, 4.69) is 21.9 Å². The first-order valence-electron chi connectivity index (χ1n) is 4.58. The second-order valence-electron chi connectivity index (χ2n) is 3.45. The summed E-state index contributed by atoms with van der Waals surface area (Å²) in [5.74, 6) is 0.560. The van der Waals surface area contributed by atoms with Gasteiger partial charge in [-0.1, -0.05) is 0 Å². The Hall–Kier alpha value is -0.870. The largest absolute Gasteiger partial charge is 0.473 e. The van der Waals surface area contributed by atoms with Crippen LogP contribution in [-0.4, -0.2) is 41.1 Å². The summed E-state index contributed by atoms with van der Waals surface area (Å²) in [7, 11) is 2.08. The second-order valence-corrected chi connectivity index (χ2v) is 3.79. The molecule has 0 unspecified atom stereocenters. The third-order valence-electron chi connectivity index (χ3n) is 2.24. The van der Waals surface area contributed by atoms with Crippen molar-refractivity contribution in [1.29, 1.82) is 0 Å². The fraction of sp³-hybridized carbons (Fsp3) is 0.556. The van der Waals surface area contributed by atoms with Gasteiger partial charge in [0.25, 0.3) is 0 Å². The molecule has 1 aromatic heterocycles. The van der Waals surface area contributed by atoms with Crippen molar-refractivity contribution in [2.24, 2.45) is 0 Å². The van der Waals surface area contributed by atoms with Crippen LogP contribution in [0, 0.1) is 0 Å². The number of nitrogens with zero attached hydrogens (tertiary/aromatic N) is 3. The third kappa shape index (κ3) is 2.33. The highest BCUT2D eigenvalue weighted by Crippen LogP contribution is 2.15. The van der Waals surface area contributed by atoms with E-state index in [4.69, 9.17) is 16.3 Å². The SMILES string of the molecule is CN1CC[C@H](Oc2ccnc(Cl)n2)C1. The molecular weight excluding hydrogens is 202 g/mol. The zero-order valence-corrected chi connectivity index (χ0v) is 8.74. The molecule has 14 heavy (non-hydrogen) atoms. The molecule has 0 N–H and O–H groups in total. The lowest BCUT2D eigenvalue weighted by molar-refractivity contribution is 0.200. The number of ether oxygens (including phenoxy) is 1. The Morgan fingerprint density at radius 3 is 3.14 bits per heavy atom. The molecule has 0 radical (unpaired) electrons. The zero-order chi connectivity index (χ0) is 9.97. The van der Waals surface area contributed by atoms with Crippen molar-refractivity contribution in [3.05, 3.63) is 17.5 Å². The van der Waals surface area contributed by atoms with E-state index in [1.54, 1.807) is 12.3 Å². The van der Waals surface area contributed by atoms with E-state index in [-0.39, 0.29) is 11.4 Å². The number of halogens is 1. The van der Waals surface area contributed by atoms with Gasteiger partial charge in [-0.05, 0) is 25.1 Å². The van der Waals surface area contributed by atoms with Crippen LogP contribution < -0.4 is 4.74 Å². The minimum atomic E-state index is 0.228. The Kier molecular flexibility index (Phi) is 2.84. The number of hydrogen-bond acceptors (Lipinski definition) is 4. The first kappa shape index (κ1) is 9.68. The van der Waals surface area contributed by atoms with E-state index in [9.17, 15) is 0 Å². The lowest BCUT2D eigenvalue weighted by atomic mass is 10.3. The molecule has 0 aromatic carbocycles. The van der Waals surface area contributed by atoms with Crippen molar-refractivity contribution in [1.82, 2.24) is 14.9 Å². The normalized spacial score (nSPS) is 22.6. The number of aromatic nitrogens is 2. The van der Waals surface area contributed by atoms with Gasteiger partial charge in [-0.2, -0.15) is 4.98 Å². The molecular formula is C9H12ClN3O. The average molecular weight is 214 g/mol. The monoisotopic (exact) mass is 213 g/mol. The van der Waals surface area contributed by atoms with Gasteiger partial charge in [0.15, 0.2) is 0 Å². The van der Waals surface area contributed by atoms with Crippen LogP contribution in [0.4, 0.5) is 0 Å². The van der Waals surface area contributed by atoms with Crippen molar-refractivity contribution < 1.29 is 4.74 Å². The number of hydrogen-bond donors (Lipinski definition) is 0. The van der Waals surface area contributed by atoms with Gasteiger partial charge in [-0.25, -0.2) is 4.98 Å². The molecule has 0 amide bonds. The fourth-order valence-corrected chi connectivity index (χ4v) is 1.69. The van der Waals surface area contributed by atoms with Crippen LogP contribution in [0.3, 0.4) is 0 Å². The van der Waals surface area contributed by atoms with E-state index < -0.39 is 0 Å². The van der Waals surface area contributed by atoms with Crippen molar-refractivity contribution in [3.63, 3.8) is 0 Å². The minimum absolute atomic E-state index is 0.228. The van der Waals surface area contributed by atoms with Crippen LogP contribution >= 0.6 is 11.6 Å². The highest BCUT2D eigenvalue weighted by atomic mass is 35.5. The minimum Gasteiger partial charge on any atom is -0.473 e. The van der Waals surface area contributed by atoms with E-state index in [0.717, 1.165) is 19.5 Å². The van der Waals surface area contributed by atoms with Crippen molar-refractivity contribution in [2.75, 3.05) is 20.1 Å². The number of likely N-dealkylation sites (N-methyl/N-ethyl adjacent to an activating group) is 1. The van der Waals surface area contributed by atoms with Crippen LogP contribution in [0.2, 0.25) is 5.28 Å². The first-order valence-corrected chi connectivity index (χ1v) is 4.95. The highest BCUT2D eigenvalue weighted by Gasteiger charge is 2.21. The Morgan fingerprint density at radius 1 is 1.64 bits per heavy atom. The Labute approximate surface area is 87.9 Å². The summed E-state index contributed by atoms with van der Waals surface area (Å²) >= 11 is 5.65.